The van der Waals surface area contributed by atoms with Gasteiger partial charge in [0.1, 0.15) is 5.76 Å². The molecule has 0 aromatic carbocycles. The fourth-order valence-electron chi connectivity index (χ4n) is 1.55. The molecular formula is C12H12F3NO3S2. The molecule has 0 aliphatic rings. The summed E-state index contributed by atoms with van der Waals surface area (Å²) in [5.74, 6) is -0.315. The molecule has 2 aromatic heterocycles. The first-order chi connectivity index (χ1) is 9.75. The summed E-state index contributed by atoms with van der Waals surface area (Å²) in [7, 11) is -3.94. The molecule has 2 heterocycles. The van der Waals surface area contributed by atoms with Gasteiger partial charge < -0.3 is 4.42 Å². The zero-order chi connectivity index (χ0) is 15.5. The molecule has 21 heavy (non-hydrogen) atoms. The van der Waals surface area contributed by atoms with E-state index in [0.29, 0.717) is 10.6 Å². The molecule has 0 spiro atoms. The molecule has 0 aliphatic carbocycles. The van der Waals surface area contributed by atoms with Crippen LogP contribution in [0.4, 0.5) is 13.2 Å². The number of halogens is 3. The van der Waals surface area contributed by atoms with Crippen LogP contribution in [0.1, 0.15) is 11.3 Å². The Bertz CT molecular complexity index is 675. The minimum Gasteiger partial charge on any atom is -0.464 e. The van der Waals surface area contributed by atoms with Crippen molar-refractivity contribution >= 4 is 21.4 Å². The highest BCUT2D eigenvalue weighted by molar-refractivity contribution is 7.89. The van der Waals surface area contributed by atoms with Crippen LogP contribution >= 0.6 is 11.3 Å². The summed E-state index contributed by atoms with van der Waals surface area (Å²) in [4.78, 5) is 0.692. The lowest BCUT2D eigenvalue weighted by molar-refractivity contribution is -0.129. The second kappa shape index (κ2) is 6.20. The van der Waals surface area contributed by atoms with Crippen molar-refractivity contribution in [3.05, 3.63) is 34.7 Å². The van der Waals surface area contributed by atoms with Crippen molar-refractivity contribution in [2.24, 2.45) is 0 Å². The van der Waals surface area contributed by atoms with E-state index in [4.69, 9.17) is 4.42 Å². The summed E-state index contributed by atoms with van der Waals surface area (Å²) >= 11 is 1.30. The van der Waals surface area contributed by atoms with Crippen molar-refractivity contribution in [2.45, 2.75) is 19.1 Å². The average Bonchev–Trinajstić information content (AvgIpc) is 3.04. The molecule has 0 saturated carbocycles. The highest BCUT2D eigenvalue weighted by atomic mass is 32.2. The van der Waals surface area contributed by atoms with E-state index < -0.39 is 28.4 Å². The van der Waals surface area contributed by atoms with Gasteiger partial charge in [-0.15, -0.1) is 11.3 Å². The molecule has 0 bridgehead atoms. The molecule has 0 amide bonds. The highest BCUT2D eigenvalue weighted by Gasteiger charge is 2.29. The Morgan fingerprint density at radius 2 is 2.10 bits per heavy atom. The number of alkyl halides is 3. The van der Waals surface area contributed by atoms with Gasteiger partial charge in [-0.2, -0.15) is 13.2 Å². The van der Waals surface area contributed by atoms with Crippen LogP contribution in [-0.4, -0.2) is 20.3 Å². The smallest absolute Gasteiger partial charge is 0.390 e. The van der Waals surface area contributed by atoms with E-state index in [1.807, 2.05) is 0 Å². The van der Waals surface area contributed by atoms with Gasteiger partial charge in [0.15, 0.2) is 0 Å². The number of rotatable bonds is 6. The molecule has 2 aromatic rings. The molecule has 9 heteroatoms. The van der Waals surface area contributed by atoms with Gasteiger partial charge in [-0.3, -0.25) is 0 Å². The minimum atomic E-state index is -4.48. The van der Waals surface area contributed by atoms with E-state index in [1.165, 1.54) is 17.6 Å². The van der Waals surface area contributed by atoms with Gasteiger partial charge in [-0.1, -0.05) is 0 Å². The first kappa shape index (κ1) is 16.1. The standard InChI is InChI=1S/C12H12F3NO3S2/c13-12(14,15)3-5-21(17,18)16-7-10-6-9(8-20-10)11-2-1-4-19-11/h1-2,4,6,8,16H,3,5,7H2. The van der Waals surface area contributed by atoms with Crippen LogP contribution in [0.25, 0.3) is 11.3 Å². The SMILES string of the molecule is O=S(=O)(CCC(F)(F)F)NCc1cc(-c2ccco2)cs1. The lowest BCUT2D eigenvalue weighted by Crippen LogP contribution is -2.28. The molecule has 116 valence electrons. The molecular weight excluding hydrogens is 327 g/mol. The Hall–Kier alpha value is -1.32. The maximum Gasteiger partial charge on any atom is 0.390 e. The van der Waals surface area contributed by atoms with Crippen molar-refractivity contribution < 1.29 is 26.0 Å². The van der Waals surface area contributed by atoms with Crippen LogP contribution in [0.15, 0.2) is 34.3 Å². The lowest BCUT2D eigenvalue weighted by atomic mass is 10.2. The second-order valence-electron chi connectivity index (χ2n) is 4.28. The normalized spacial score (nSPS) is 12.7. The van der Waals surface area contributed by atoms with Gasteiger partial charge in [0, 0.05) is 22.4 Å². The first-order valence-corrected chi connectivity index (χ1v) is 8.44. The van der Waals surface area contributed by atoms with Crippen molar-refractivity contribution in [2.75, 3.05) is 5.75 Å². The Balaban J connectivity index is 1.91. The lowest BCUT2D eigenvalue weighted by Gasteiger charge is -2.07. The van der Waals surface area contributed by atoms with Crippen LogP contribution in [0.2, 0.25) is 0 Å². The van der Waals surface area contributed by atoms with Gasteiger partial charge in [-0.25, -0.2) is 13.1 Å². The van der Waals surface area contributed by atoms with Crippen LogP contribution in [0.3, 0.4) is 0 Å². The predicted molar refractivity (Wildman–Crippen MR) is 73.3 cm³/mol. The number of thiophene rings is 1. The van der Waals surface area contributed by atoms with E-state index in [0.717, 1.165) is 5.56 Å². The summed E-state index contributed by atoms with van der Waals surface area (Å²) in [5.41, 5.74) is 0.800. The molecule has 0 unspecified atom stereocenters. The summed E-state index contributed by atoms with van der Waals surface area (Å²) in [5, 5.41) is 1.79. The highest BCUT2D eigenvalue weighted by Crippen LogP contribution is 2.26. The number of furan rings is 1. The molecule has 2 rings (SSSR count). The molecule has 0 saturated heterocycles. The van der Waals surface area contributed by atoms with Gasteiger partial charge in [0.05, 0.1) is 18.4 Å². The van der Waals surface area contributed by atoms with E-state index in [-0.39, 0.29) is 6.54 Å². The number of nitrogens with one attached hydrogen (secondary N) is 1. The zero-order valence-electron chi connectivity index (χ0n) is 10.7. The van der Waals surface area contributed by atoms with Gasteiger partial charge in [-0.05, 0) is 18.2 Å². The zero-order valence-corrected chi connectivity index (χ0v) is 12.3. The number of hydrogen-bond donors (Lipinski definition) is 1. The maximum atomic E-state index is 12.0. The summed E-state index contributed by atoms with van der Waals surface area (Å²) in [6, 6.07) is 5.22. The first-order valence-electron chi connectivity index (χ1n) is 5.90. The van der Waals surface area contributed by atoms with Crippen LogP contribution in [0, 0.1) is 0 Å². The van der Waals surface area contributed by atoms with E-state index in [2.05, 4.69) is 4.72 Å². The monoisotopic (exact) mass is 339 g/mol. The van der Waals surface area contributed by atoms with Crippen molar-refractivity contribution in [1.82, 2.24) is 4.72 Å². The Labute approximate surface area is 123 Å². The average molecular weight is 339 g/mol. The van der Waals surface area contributed by atoms with Crippen molar-refractivity contribution in [3.8, 4) is 11.3 Å². The van der Waals surface area contributed by atoms with E-state index >= 15 is 0 Å². The molecule has 0 fully saturated rings. The quantitative estimate of drug-likeness (QED) is 0.878. The summed E-state index contributed by atoms with van der Waals surface area (Å²) in [6.45, 7) is -0.0361. The largest absolute Gasteiger partial charge is 0.464 e. The number of hydrogen-bond acceptors (Lipinski definition) is 4. The van der Waals surface area contributed by atoms with Crippen LogP contribution < -0.4 is 4.72 Å². The third-order valence-corrected chi connectivity index (χ3v) is 4.84. The van der Waals surface area contributed by atoms with Crippen LogP contribution in [0.5, 0.6) is 0 Å². The van der Waals surface area contributed by atoms with Gasteiger partial charge in [0.2, 0.25) is 10.0 Å². The topological polar surface area (TPSA) is 59.3 Å². The molecule has 0 radical (unpaired) electrons. The third kappa shape index (κ3) is 5.18. The fourth-order valence-corrected chi connectivity index (χ4v) is 3.47. The van der Waals surface area contributed by atoms with Crippen molar-refractivity contribution in [1.29, 1.82) is 0 Å². The fraction of sp³-hybridized carbons (Fsp3) is 0.333. The number of sulfonamides is 1. The molecule has 1 N–H and O–H groups in total. The molecule has 0 atom stereocenters. The predicted octanol–water partition coefficient (Wildman–Crippen LogP) is 3.38. The minimum absolute atomic E-state index is 0.0361. The summed E-state index contributed by atoms with van der Waals surface area (Å²) < 4.78 is 66.3. The third-order valence-electron chi connectivity index (χ3n) is 2.58. The van der Waals surface area contributed by atoms with Gasteiger partial charge in [0.25, 0.3) is 0 Å². The molecule has 0 aliphatic heterocycles. The van der Waals surface area contributed by atoms with E-state index in [9.17, 15) is 21.6 Å². The van der Waals surface area contributed by atoms with Crippen LogP contribution in [-0.2, 0) is 16.6 Å². The summed E-state index contributed by atoms with van der Waals surface area (Å²) in [6.07, 6.45) is -4.32. The van der Waals surface area contributed by atoms with Crippen molar-refractivity contribution in [3.63, 3.8) is 0 Å². The Kier molecular flexibility index (Phi) is 4.74. The Morgan fingerprint density at radius 3 is 2.71 bits per heavy atom. The maximum absolute atomic E-state index is 12.0. The molecule has 4 nitrogen and oxygen atoms in total. The van der Waals surface area contributed by atoms with Gasteiger partial charge >= 0.3 is 6.18 Å². The Morgan fingerprint density at radius 1 is 1.33 bits per heavy atom. The second-order valence-corrected chi connectivity index (χ2v) is 7.21. The van der Waals surface area contributed by atoms with E-state index in [1.54, 1.807) is 23.6 Å².